The van der Waals surface area contributed by atoms with Gasteiger partial charge >= 0.3 is 0 Å². The van der Waals surface area contributed by atoms with Crippen molar-refractivity contribution in [2.24, 2.45) is 0 Å². The standard InChI is InChI=1S/C24H29FN2O2/c25-22-9-5-4-6-19(22)16-27(21-10-11-21)17-23(28)26-18-24(12-14-29-15-13-24)20-7-2-1-3-8-20/h1-9,21H,10-18H2,(H,26,28). The molecular weight excluding hydrogens is 367 g/mol. The second-order valence-electron chi connectivity index (χ2n) is 8.26. The van der Waals surface area contributed by atoms with Gasteiger partial charge in [0.15, 0.2) is 0 Å². The zero-order valence-corrected chi connectivity index (χ0v) is 16.8. The molecule has 0 radical (unpaired) electrons. The van der Waals surface area contributed by atoms with E-state index in [1.54, 1.807) is 12.1 Å². The largest absolute Gasteiger partial charge is 0.381 e. The van der Waals surface area contributed by atoms with Gasteiger partial charge in [-0.2, -0.15) is 0 Å². The van der Waals surface area contributed by atoms with E-state index < -0.39 is 0 Å². The van der Waals surface area contributed by atoms with Gasteiger partial charge in [-0.25, -0.2) is 4.39 Å². The molecule has 1 aliphatic carbocycles. The number of hydrogen-bond donors (Lipinski definition) is 1. The highest BCUT2D eigenvalue weighted by Crippen LogP contribution is 2.34. The molecule has 154 valence electrons. The Bertz CT molecular complexity index is 817. The predicted molar refractivity (Wildman–Crippen MR) is 111 cm³/mol. The number of hydrogen-bond acceptors (Lipinski definition) is 3. The number of ether oxygens (including phenoxy) is 1. The second-order valence-corrected chi connectivity index (χ2v) is 8.26. The lowest BCUT2D eigenvalue weighted by Gasteiger charge is -2.38. The Morgan fingerprint density at radius 3 is 2.45 bits per heavy atom. The number of rotatable bonds is 8. The van der Waals surface area contributed by atoms with Crippen LogP contribution in [-0.2, 0) is 21.5 Å². The maximum atomic E-state index is 14.1. The summed E-state index contributed by atoms with van der Waals surface area (Å²) < 4.78 is 19.6. The van der Waals surface area contributed by atoms with Gasteiger partial charge in [-0.3, -0.25) is 9.69 Å². The van der Waals surface area contributed by atoms with E-state index in [-0.39, 0.29) is 17.1 Å². The van der Waals surface area contributed by atoms with E-state index in [2.05, 4.69) is 34.5 Å². The van der Waals surface area contributed by atoms with E-state index in [0.29, 0.717) is 44.5 Å². The summed E-state index contributed by atoms with van der Waals surface area (Å²) in [4.78, 5) is 14.9. The van der Waals surface area contributed by atoms with Crippen molar-refractivity contribution in [2.45, 2.75) is 43.7 Å². The zero-order valence-electron chi connectivity index (χ0n) is 16.8. The fraction of sp³-hybridized carbons (Fsp3) is 0.458. The molecule has 29 heavy (non-hydrogen) atoms. The Morgan fingerprint density at radius 1 is 1.07 bits per heavy atom. The van der Waals surface area contributed by atoms with Crippen LogP contribution in [0.3, 0.4) is 0 Å². The highest BCUT2D eigenvalue weighted by Gasteiger charge is 2.35. The van der Waals surface area contributed by atoms with Gasteiger partial charge in [0.1, 0.15) is 5.82 Å². The number of benzene rings is 2. The lowest BCUT2D eigenvalue weighted by atomic mass is 9.74. The van der Waals surface area contributed by atoms with Gasteiger partial charge < -0.3 is 10.1 Å². The third kappa shape index (κ3) is 5.03. The molecule has 0 unspecified atom stereocenters. The SMILES string of the molecule is O=C(CN(Cc1ccccc1F)C1CC1)NCC1(c2ccccc2)CCOCC1. The van der Waals surface area contributed by atoms with Gasteiger partial charge in [0.25, 0.3) is 0 Å². The van der Waals surface area contributed by atoms with Crippen LogP contribution in [0, 0.1) is 5.82 Å². The van der Waals surface area contributed by atoms with Crippen LogP contribution in [-0.4, -0.2) is 43.2 Å². The van der Waals surface area contributed by atoms with Crippen molar-refractivity contribution < 1.29 is 13.9 Å². The van der Waals surface area contributed by atoms with E-state index >= 15 is 0 Å². The maximum Gasteiger partial charge on any atom is 0.234 e. The molecular formula is C24H29FN2O2. The summed E-state index contributed by atoms with van der Waals surface area (Å²) in [7, 11) is 0. The summed E-state index contributed by atoms with van der Waals surface area (Å²) in [6.45, 7) is 2.82. The van der Waals surface area contributed by atoms with E-state index in [0.717, 1.165) is 25.7 Å². The van der Waals surface area contributed by atoms with Crippen molar-refractivity contribution in [1.29, 1.82) is 0 Å². The summed E-state index contributed by atoms with van der Waals surface area (Å²) in [6, 6.07) is 17.6. The van der Waals surface area contributed by atoms with Gasteiger partial charge in [0.2, 0.25) is 5.91 Å². The molecule has 1 heterocycles. The molecule has 0 aromatic heterocycles. The Labute approximate surface area is 172 Å². The predicted octanol–water partition coefficient (Wildman–Crippen LogP) is 3.65. The maximum absolute atomic E-state index is 14.1. The van der Waals surface area contributed by atoms with E-state index in [4.69, 9.17) is 4.74 Å². The molecule has 1 saturated heterocycles. The number of nitrogens with zero attached hydrogens (tertiary/aromatic N) is 1. The smallest absolute Gasteiger partial charge is 0.234 e. The zero-order chi connectivity index (χ0) is 20.1. The lowest BCUT2D eigenvalue weighted by molar-refractivity contribution is -0.123. The fourth-order valence-corrected chi connectivity index (χ4v) is 4.23. The normalized spacial score (nSPS) is 18.6. The monoisotopic (exact) mass is 396 g/mol. The summed E-state index contributed by atoms with van der Waals surface area (Å²) in [6.07, 6.45) is 3.96. The van der Waals surface area contributed by atoms with Crippen molar-refractivity contribution >= 4 is 5.91 Å². The summed E-state index contributed by atoms with van der Waals surface area (Å²) in [5, 5.41) is 3.18. The molecule has 1 amide bonds. The Balaban J connectivity index is 1.39. The third-order valence-corrected chi connectivity index (χ3v) is 6.20. The Kier molecular flexibility index (Phi) is 6.26. The summed E-state index contributed by atoms with van der Waals surface area (Å²) >= 11 is 0. The molecule has 0 atom stereocenters. The van der Waals surface area contributed by atoms with Crippen LogP contribution in [0.25, 0.3) is 0 Å². The molecule has 1 aliphatic heterocycles. The van der Waals surface area contributed by atoms with Crippen LogP contribution in [0.15, 0.2) is 54.6 Å². The van der Waals surface area contributed by atoms with Crippen molar-refractivity contribution in [1.82, 2.24) is 10.2 Å². The first-order chi connectivity index (χ1) is 14.2. The first kappa shape index (κ1) is 20.0. The van der Waals surface area contributed by atoms with Crippen molar-refractivity contribution in [2.75, 3.05) is 26.3 Å². The summed E-state index contributed by atoms with van der Waals surface area (Å²) in [5.41, 5.74) is 1.83. The van der Waals surface area contributed by atoms with Crippen LogP contribution in [0.1, 0.15) is 36.8 Å². The molecule has 4 nitrogen and oxygen atoms in total. The van der Waals surface area contributed by atoms with Gasteiger partial charge in [-0.1, -0.05) is 48.5 Å². The van der Waals surface area contributed by atoms with Gasteiger partial charge in [0.05, 0.1) is 6.54 Å². The van der Waals surface area contributed by atoms with E-state index in [9.17, 15) is 9.18 Å². The van der Waals surface area contributed by atoms with Crippen LogP contribution < -0.4 is 5.32 Å². The number of carbonyl (C=O) groups is 1. The van der Waals surface area contributed by atoms with Gasteiger partial charge in [-0.15, -0.1) is 0 Å². The Morgan fingerprint density at radius 2 is 1.76 bits per heavy atom. The van der Waals surface area contributed by atoms with Crippen LogP contribution in [0.4, 0.5) is 4.39 Å². The molecule has 2 aliphatic rings. The summed E-state index contributed by atoms with van der Waals surface area (Å²) in [5.74, 6) is -0.196. The molecule has 0 bridgehead atoms. The molecule has 2 fully saturated rings. The quantitative estimate of drug-likeness (QED) is 0.741. The number of halogens is 1. The molecule has 0 spiro atoms. The molecule has 5 heteroatoms. The van der Waals surface area contributed by atoms with E-state index in [1.807, 2.05) is 12.1 Å². The molecule has 1 saturated carbocycles. The highest BCUT2D eigenvalue weighted by atomic mass is 19.1. The second kappa shape index (κ2) is 9.06. The number of carbonyl (C=O) groups excluding carboxylic acids is 1. The average molecular weight is 397 g/mol. The molecule has 4 rings (SSSR count). The van der Waals surface area contributed by atoms with Crippen LogP contribution >= 0.6 is 0 Å². The van der Waals surface area contributed by atoms with E-state index in [1.165, 1.54) is 11.6 Å². The minimum atomic E-state index is -0.205. The highest BCUT2D eigenvalue weighted by molar-refractivity contribution is 5.78. The minimum absolute atomic E-state index is 0.00929. The van der Waals surface area contributed by atoms with Gasteiger partial charge in [-0.05, 0) is 37.3 Å². The van der Waals surface area contributed by atoms with Crippen LogP contribution in [0.5, 0.6) is 0 Å². The number of nitrogens with one attached hydrogen (secondary N) is 1. The fourth-order valence-electron chi connectivity index (χ4n) is 4.23. The number of amides is 1. The van der Waals surface area contributed by atoms with Gasteiger partial charge in [0, 0.05) is 43.3 Å². The van der Waals surface area contributed by atoms with Crippen LogP contribution in [0.2, 0.25) is 0 Å². The van der Waals surface area contributed by atoms with Crippen molar-refractivity contribution in [3.63, 3.8) is 0 Å². The average Bonchev–Trinajstić information content (AvgIpc) is 3.60. The first-order valence-corrected chi connectivity index (χ1v) is 10.5. The van der Waals surface area contributed by atoms with Crippen molar-refractivity contribution in [3.05, 3.63) is 71.5 Å². The Hall–Kier alpha value is -2.24. The minimum Gasteiger partial charge on any atom is -0.381 e. The molecule has 2 aromatic carbocycles. The first-order valence-electron chi connectivity index (χ1n) is 10.5. The van der Waals surface area contributed by atoms with Crippen molar-refractivity contribution in [3.8, 4) is 0 Å². The molecule has 2 aromatic rings. The lowest BCUT2D eigenvalue weighted by Crippen LogP contribution is -2.47. The molecule has 1 N–H and O–H groups in total. The topological polar surface area (TPSA) is 41.6 Å². The third-order valence-electron chi connectivity index (χ3n) is 6.20.